The summed E-state index contributed by atoms with van der Waals surface area (Å²) < 4.78 is 1.54. The van der Waals surface area contributed by atoms with Crippen LogP contribution < -0.4 is 0 Å². The van der Waals surface area contributed by atoms with Crippen molar-refractivity contribution < 1.29 is 19.5 Å². The summed E-state index contributed by atoms with van der Waals surface area (Å²) in [4.78, 5) is 39.2. The van der Waals surface area contributed by atoms with Gasteiger partial charge in [0.15, 0.2) is 0 Å². The summed E-state index contributed by atoms with van der Waals surface area (Å²) in [5, 5.41) is 16.8. The van der Waals surface area contributed by atoms with Crippen LogP contribution in [0.3, 0.4) is 0 Å². The maximum absolute atomic E-state index is 12.7. The highest BCUT2D eigenvalue weighted by molar-refractivity contribution is 5.96. The molecule has 0 aliphatic carbocycles. The van der Waals surface area contributed by atoms with E-state index < -0.39 is 11.9 Å². The lowest BCUT2D eigenvalue weighted by atomic mass is 9.98. The number of piperidine rings is 1. The second-order valence-corrected chi connectivity index (χ2v) is 6.58. The van der Waals surface area contributed by atoms with E-state index in [2.05, 4.69) is 10.3 Å². The average Bonchev–Trinajstić information content (AvgIpc) is 3.22. The van der Waals surface area contributed by atoms with Crippen molar-refractivity contribution in [1.29, 1.82) is 0 Å². The van der Waals surface area contributed by atoms with Gasteiger partial charge in [-0.05, 0) is 31.0 Å². The van der Waals surface area contributed by atoms with E-state index in [1.165, 1.54) is 9.80 Å². The van der Waals surface area contributed by atoms with Crippen LogP contribution in [-0.4, -0.2) is 74.4 Å². The summed E-state index contributed by atoms with van der Waals surface area (Å²) in [5.74, 6) is -1.97. The number of nitrogens with zero attached hydrogens (tertiary/aromatic N) is 5. The number of likely N-dealkylation sites (tertiary alicyclic amines) is 1. The minimum absolute atomic E-state index is 0.0985. The number of amides is 2. The van der Waals surface area contributed by atoms with Crippen molar-refractivity contribution in [3.8, 4) is 5.69 Å². The van der Waals surface area contributed by atoms with Crippen molar-refractivity contribution in [2.45, 2.75) is 12.8 Å². The minimum Gasteiger partial charge on any atom is -0.481 e. The lowest BCUT2D eigenvalue weighted by molar-refractivity contribution is -0.145. The molecule has 1 fully saturated rings. The van der Waals surface area contributed by atoms with Crippen LogP contribution in [0.5, 0.6) is 0 Å². The Morgan fingerprint density at radius 1 is 1.33 bits per heavy atom. The van der Waals surface area contributed by atoms with Crippen LogP contribution in [0.4, 0.5) is 0 Å². The number of carbonyl (C=O) groups is 3. The van der Waals surface area contributed by atoms with Gasteiger partial charge in [-0.2, -0.15) is 0 Å². The van der Waals surface area contributed by atoms with E-state index in [9.17, 15) is 14.4 Å². The van der Waals surface area contributed by atoms with E-state index in [4.69, 9.17) is 5.11 Å². The third-order valence-electron chi connectivity index (χ3n) is 4.62. The number of aromatic nitrogens is 3. The van der Waals surface area contributed by atoms with Gasteiger partial charge in [0.1, 0.15) is 0 Å². The number of hydrogen-bond donors (Lipinski definition) is 1. The molecular weight excluding hydrogens is 350 g/mol. The molecule has 0 saturated carbocycles. The van der Waals surface area contributed by atoms with Crippen LogP contribution in [0.25, 0.3) is 5.69 Å². The maximum Gasteiger partial charge on any atom is 0.308 e. The van der Waals surface area contributed by atoms with Crippen molar-refractivity contribution in [1.82, 2.24) is 24.8 Å². The summed E-state index contributed by atoms with van der Waals surface area (Å²) in [7, 11) is 1.56. The van der Waals surface area contributed by atoms with Gasteiger partial charge in [-0.1, -0.05) is 11.3 Å². The molecule has 3 rings (SSSR count). The van der Waals surface area contributed by atoms with Gasteiger partial charge in [0.25, 0.3) is 5.91 Å². The standard InChI is InChI=1S/C18H21N5O4/c1-21(12-16(24)22-8-3-5-14(11-22)18(26)27)17(25)13-4-2-6-15(10-13)23-9-7-19-20-23/h2,4,6-7,9-10,14H,3,5,8,11-12H2,1H3,(H,26,27). The normalized spacial score (nSPS) is 16.8. The van der Waals surface area contributed by atoms with Gasteiger partial charge in [-0.3, -0.25) is 14.4 Å². The fourth-order valence-corrected chi connectivity index (χ4v) is 3.13. The number of carbonyl (C=O) groups excluding carboxylic acids is 2. The van der Waals surface area contributed by atoms with Gasteiger partial charge >= 0.3 is 5.97 Å². The lowest BCUT2D eigenvalue weighted by Gasteiger charge is -2.32. The largest absolute Gasteiger partial charge is 0.481 e. The van der Waals surface area contributed by atoms with Crippen LogP contribution >= 0.6 is 0 Å². The second-order valence-electron chi connectivity index (χ2n) is 6.58. The first-order valence-corrected chi connectivity index (χ1v) is 8.68. The molecule has 0 bridgehead atoms. The summed E-state index contributed by atoms with van der Waals surface area (Å²) in [6, 6.07) is 6.89. The molecule has 1 aromatic carbocycles. The number of benzene rings is 1. The molecule has 0 spiro atoms. The molecule has 1 aliphatic heterocycles. The first-order valence-electron chi connectivity index (χ1n) is 8.68. The van der Waals surface area contributed by atoms with Gasteiger partial charge in [-0.15, -0.1) is 5.10 Å². The van der Waals surface area contributed by atoms with E-state index in [0.717, 1.165) is 0 Å². The van der Waals surface area contributed by atoms with Gasteiger partial charge in [0.2, 0.25) is 5.91 Å². The van der Waals surface area contributed by atoms with Gasteiger partial charge in [0.05, 0.1) is 30.5 Å². The highest BCUT2D eigenvalue weighted by Gasteiger charge is 2.29. The molecule has 9 heteroatoms. The maximum atomic E-state index is 12.7. The van der Waals surface area contributed by atoms with Crippen molar-refractivity contribution in [2.75, 3.05) is 26.7 Å². The molecule has 1 aromatic heterocycles. The van der Waals surface area contributed by atoms with Crippen LogP contribution in [0.1, 0.15) is 23.2 Å². The predicted molar refractivity (Wildman–Crippen MR) is 95.3 cm³/mol. The summed E-state index contributed by atoms with van der Waals surface area (Å²) in [6.45, 7) is 0.614. The summed E-state index contributed by atoms with van der Waals surface area (Å²) in [6.07, 6.45) is 4.44. The molecule has 1 atom stereocenters. The number of rotatable bonds is 5. The number of aliphatic carboxylic acids is 1. The van der Waals surface area contributed by atoms with Gasteiger partial charge < -0.3 is 14.9 Å². The van der Waals surface area contributed by atoms with Crippen LogP contribution in [0.2, 0.25) is 0 Å². The summed E-state index contributed by atoms with van der Waals surface area (Å²) >= 11 is 0. The van der Waals surface area contributed by atoms with E-state index in [1.54, 1.807) is 48.4 Å². The molecular formula is C18H21N5O4. The third kappa shape index (κ3) is 4.30. The van der Waals surface area contributed by atoms with Crippen molar-refractivity contribution >= 4 is 17.8 Å². The number of carboxylic acids is 1. The molecule has 27 heavy (non-hydrogen) atoms. The Bertz CT molecular complexity index is 836. The third-order valence-corrected chi connectivity index (χ3v) is 4.62. The average molecular weight is 371 g/mol. The molecule has 1 aliphatic rings. The molecule has 1 unspecified atom stereocenters. The Morgan fingerprint density at radius 2 is 2.15 bits per heavy atom. The predicted octanol–water partition coefficient (Wildman–Crippen LogP) is 0.662. The quantitative estimate of drug-likeness (QED) is 0.827. The topological polar surface area (TPSA) is 109 Å². The monoisotopic (exact) mass is 371 g/mol. The van der Waals surface area contributed by atoms with Crippen LogP contribution in [0, 0.1) is 5.92 Å². The molecule has 0 radical (unpaired) electrons. The molecule has 2 aromatic rings. The number of carboxylic acid groups (broad SMARTS) is 1. The first kappa shape index (κ1) is 18.6. The van der Waals surface area contributed by atoms with E-state index in [0.29, 0.717) is 30.6 Å². The SMILES string of the molecule is CN(CC(=O)N1CCCC(C(=O)O)C1)C(=O)c1cccc(-n2ccnn2)c1. The Kier molecular flexibility index (Phi) is 5.49. The van der Waals surface area contributed by atoms with Crippen molar-refractivity contribution in [3.63, 3.8) is 0 Å². The van der Waals surface area contributed by atoms with Gasteiger partial charge in [-0.25, -0.2) is 4.68 Å². The zero-order valence-electron chi connectivity index (χ0n) is 15.0. The zero-order valence-corrected chi connectivity index (χ0v) is 15.0. The highest BCUT2D eigenvalue weighted by atomic mass is 16.4. The summed E-state index contributed by atoms with van der Waals surface area (Å²) in [5.41, 5.74) is 1.12. The Balaban J connectivity index is 1.64. The minimum atomic E-state index is -0.887. The second kappa shape index (κ2) is 7.98. The van der Waals surface area contributed by atoms with Crippen LogP contribution in [0.15, 0.2) is 36.7 Å². The van der Waals surface area contributed by atoms with E-state index >= 15 is 0 Å². The molecule has 2 heterocycles. The van der Waals surface area contributed by atoms with Gasteiger partial charge in [0, 0.05) is 25.7 Å². The van der Waals surface area contributed by atoms with Crippen molar-refractivity contribution in [3.05, 3.63) is 42.2 Å². The fraction of sp³-hybridized carbons (Fsp3) is 0.389. The molecule has 2 amide bonds. The first-order chi connectivity index (χ1) is 13.0. The number of hydrogen-bond acceptors (Lipinski definition) is 5. The molecule has 1 N–H and O–H groups in total. The zero-order chi connectivity index (χ0) is 19.4. The van der Waals surface area contributed by atoms with E-state index in [-0.39, 0.29) is 24.9 Å². The Labute approximate surface area is 156 Å². The lowest BCUT2D eigenvalue weighted by Crippen LogP contribution is -2.46. The van der Waals surface area contributed by atoms with Crippen molar-refractivity contribution in [2.24, 2.45) is 5.92 Å². The number of likely N-dealkylation sites (N-methyl/N-ethyl adjacent to an activating group) is 1. The Hall–Kier alpha value is -3.23. The molecule has 9 nitrogen and oxygen atoms in total. The molecule has 142 valence electrons. The Morgan fingerprint density at radius 3 is 2.85 bits per heavy atom. The molecule has 1 saturated heterocycles. The fourth-order valence-electron chi connectivity index (χ4n) is 3.13. The highest BCUT2D eigenvalue weighted by Crippen LogP contribution is 2.17. The van der Waals surface area contributed by atoms with E-state index in [1.807, 2.05) is 0 Å². The van der Waals surface area contributed by atoms with Crippen LogP contribution in [-0.2, 0) is 9.59 Å². The smallest absolute Gasteiger partial charge is 0.308 e.